The Morgan fingerprint density at radius 1 is 0.692 bits per heavy atom. The van der Waals surface area contributed by atoms with Crippen LogP contribution in [-0.4, -0.2) is 19.8 Å². The van der Waals surface area contributed by atoms with E-state index in [0.717, 1.165) is 31.7 Å². The molecule has 0 amide bonds. The van der Waals surface area contributed by atoms with E-state index < -0.39 is 29.1 Å². The second kappa shape index (κ2) is 13.2. The van der Waals surface area contributed by atoms with Crippen molar-refractivity contribution >= 4 is 0 Å². The van der Waals surface area contributed by atoms with Gasteiger partial charge in [-0.15, -0.1) is 0 Å². The first kappa shape index (κ1) is 28.7. The summed E-state index contributed by atoms with van der Waals surface area (Å²) in [6.45, 7) is 4.47. The van der Waals surface area contributed by atoms with E-state index in [-0.39, 0.29) is 60.0 Å². The van der Waals surface area contributed by atoms with Gasteiger partial charge in [0.2, 0.25) is 11.6 Å². The Morgan fingerprint density at radius 2 is 1.36 bits per heavy atom. The van der Waals surface area contributed by atoms with Gasteiger partial charge in [-0.2, -0.15) is 8.78 Å². The number of hydrogen-bond acceptors (Lipinski definition) is 3. The van der Waals surface area contributed by atoms with Gasteiger partial charge in [-0.25, -0.2) is 13.2 Å². The number of rotatable bonds is 11. The molecule has 0 atom stereocenters. The minimum absolute atomic E-state index is 0.0147. The molecular weight excluding hydrogens is 515 g/mol. The SMILES string of the molecule is CCCCOc1ccc(-c2ccc(OCC3CCC(c4ccc(OCC)c(F)c4F)CC3)c(F)c2)c(F)c1F. The van der Waals surface area contributed by atoms with Crippen LogP contribution < -0.4 is 14.2 Å². The van der Waals surface area contributed by atoms with Crippen molar-refractivity contribution in [3.05, 3.63) is 77.1 Å². The summed E-state index contributed by atoms with van der Waals surface area (Å²) in [5.41, 5.74) is 0.458. The molecule has 1 aliphatic carbocycles. The molecule has 210 valence electrons. The maximum atomic E-state index is 14.8. The zero-order valence-corrected chi connectivity index (χ0v) is 22.2. The molecule has 0 N–H and O–H groups in total. The summed E-state index contributed by atoms with van der Waals surface area (Å²) in [4.78, 5) is 0. The molecule has 0 aliphatic heterocycles. The number of unbranched alkanes of at least 4 members (excludes halogenated alkanes) is 1. The molecule has 0 spiro atoms. The minimum Gasteiger partial charge on any atom is -0.491 e. The first-order valence-corrected chi connectivity index (χ1v) is 13.5. The molecule has 0 heterocycles. The summed E-state index contributed by atoms with van der Waals surface area (Å²) >= 11 is 0. The Bertz CT molecular complexity index is 1270. The molecule has 0 aromatic heterocycles. The highest BCUT2D eigenvalue weighted by Gasteiger charge is 2.27. The van der Waals surface area contributed by atoms with Crippen molar-refractivity contribution in [1.29, 1.82) is 0 Å². The van der Waals surface area contributed by atoms with E-state index in [0.29, 0.717) is 18.4 Å². The predicted molar refractivity (Wildman–Crippen MR) is 140 cm³/mol. The lowest BCUT2D eigenvalue weighted by Crippen LogP contribution is -2.20. The van der Waals surface area contributed by atoms with E-state index in [2.05, 4.69) is 0 Å². The van der Waals surface area contributed by atoms with E-state index in [1.54, 1.807) is 13.0 Å². The zero-order valence-electron chi connectivity index (χ0n) is 22.2. The van der Waals surface area contributed by atoms with Crippen molar-refractivity contribution in [3.8, 4) is 28.4 Å². The molecule has 0 radical (unpaired) electrons. The van der Waals surface area contributed by atoms with E-state index in [4.69, 9.17) is 14.2 Å². The van der Waals surface area contributed by atoms with Crippen molar-refractivity contribution in [2.45, 2.75) is 58.3 Å². The first-order chi connectivity index (χ1) is 18.8. The Hall–Kier alpha value is -3.29. The molecule has 8 heteroatoms. The largest absolute Gasteiger partial charge is 0.491 e. The third kappa shape index (κ3) is 6.65. The van der Waals surface area contributed by atoms with Crippen LogP contribution in [0.4, 0.5) is 22.0 Å². The zero-order chi connectivity index (χ0) is 27.9. The van der Waals surface area contributed by atoms with Gasteiger partial charge in [0.1, 0.15) is 0 Å². The molecule has 3 aromatic rings. The summed E-state index contributed by atoms with van der Waals surface area (Å²) in [5, 5.41) is 0. The van der Waals surface area contributed by atoms with Crippen LogP contribution in [0.1, 0.15) is 63.9 Å². The molecule has 0 bridgehead atoms. The van der Waals surface area contributed by atoms with Crippen LogP contribution in [0.15, 0.2) is 42.5 Å². The summed E-state index contributed by atoms with van der Waals surface area (Å²) in [5.74, 6) is -4.94. The van der Waals surface area contributed by atoms with E-state index in [1.165, 1.54) is 30.3 Å². The highest BCUT2D eigenvalue weighted by molar-refractivity contribution is 5.66. The molecule has 0 saturated heterocycles. The van der Waals surface area contributed by atoms with Crippen LogP contribution in [0, 0.1) is 35.0 Å². The molecule has 1 saturated carbocycles. The van der Waals surface area contributed by atoms with Crippen LogP contribution in [0.3, 0.4) is 0 Å². The highest BCUT2D eigenvalue weighted by atomic mass is 19.2. The maximum Gasteiger partial charge on any atom is 0.201 e. The molecule has 3 nitrogen and oxygen atoms in total. The van der Waals surface area contributed by atoms with E-state index in [1.807, 2.05) is 6.92 Å². The lowest BCUT2D eigenvalue weighted by atomic mass is 9.79. The predicted octanol–water partition coefficient (Wildman–Crippen LogP) is 8.98. The molecule has 0 unspecified atom stereocenters. The van der Waals surface area contributed by atoms with Crippen LogP contribution >= 0.6 is 0 Å². The quantitative estimate of drug-likeness (QED) is 0.177. The van der Waals surface area contributed by atoms with E-state index in [9.17, 15) is 22.0 Å². The molecule has 1 aliphatic rings. The monoisotopic (exact) mass is 548 g/mol. The van der Waals surface area contributed by atoms with Gasteiger partial charge in [0.25, 0.3) is 0 Å². The first-order valence-electron chi connectivity index (χ1n) is 13.5. The average Bonchev–Trinajstić information content (AvgIpc) is 2.94. The maximum absolute atomic E-state index is 14.8. The highest BCUT2D eigenvalue weighted by Crippen LogP contribution is 2.39. The number of ether oxygens (including phenoxy) is 3. The fourth-order valence-corrected chi connectivity index (χ4v) is 4.95. The normalized spacial score (nSPS) is 17.2. The topological polar surface area (TPSA) is 27.7 Å². The fourth-order valence-electron chi connectivity index (χ4n) is 4.95. The second-order valence-corrected chi connectivity index (χ2v) is 9.83. The van der Waals surface area contributed by atoms with E-state index >= 15 is 0 Å². The third-order valence-electron chi connectivity index (χ3n) is 7.18. The Kier molecular flexibility index (Phi) is 9.70. The third-order valence-corrected chi connectivity index (χ3v) is 7.18. The number of benzene rings is 3. The van der Waals surface area contributed by atoms with Gasteiger partial charge in [-0.1, -0.05) is 25.5 Å². The lowest BCUT2D eigenvalue weighted by molar-refractivity contribution is 0.193. The van der Waals surface area contributed by atoms with Crippen molar-refractivity contribution < 1.29 is 36.2 Å². The Labute approximate surface area is 225 Å². The van der Waals surface area contributed by atoms with Crippen molar-refractivity contribution in [1.82, 2.24) is 0 Å². The minimum atomic E-state index is -1.10. The van der Waals surface area contributed by atoms with Crippen molar-refractivity contribution in [3.63, 3.8) is 0 Å². The van der Waals surface area contributed by atoms with Crippen molar-refractivity contribution in [2.24, 2.45) is 5.92 Å². The number of hydrogen-bond donors (Lipinski definition) is 0. The Morgan fingerprint density at radius 3 is 2.05 bits per heavy atom. The molecule has 39 heavy (non-hydrogen) atoms. The van der Waals surface area contributed by atoms with Crippen LogP contribution in [0.2, 0.25) is 0 Å². The fraction of sp³-hybridized carbons (Fsp3) is 0.419. The smallest absolute Gasteiger partial charge is 0.201 e. The summed E-state index contributed by atoms with van der Waals surface area (Å²) in [7, 11) is 0. The summed E-state index contributed by atoms with van der Waals surface area (Å²) in [6.07, 6.45) is 4.33. The van der Waals surface area contributed by atoms with Gasteiger partial charge in [0.15, 0.2) is 34.7 Å². The molecule has 1 fully saturated rings. The van der Waals surface area contributed by atoms with Gasteiger partial charge >= 0.3 is 0 Å². The van der Waals surface area contributed by atoms with Gasteiger partial charge in [0.05, 0.1) is 19.8 Å². The molecule has 3 aromatic carbocycles. The van der Waals surface area contributed by atoms with Crippen LogP contribution in [0.25, 0.3) is 11.1 Å². The molecule has 4 rings (SSSR count). The summed E-state index contributed by atoms with van der Waals surface area (Å²) < 4.78 is 88.9. The van der Waals surface area contributed by atoms with Gasteiger partial charge in [0, 0.05) is 5.56 Å². The van der Waals surface area contributed by atoms with Crippen LogP contribution in [-0.2, 0) is 0 Å². The van der Waals surface area contributed by atoms with Crippen molar-refractivity contribution in [2.75, 3.05) is 19.8 Å². The second-order valence-electron chi connectivity index (χ2n) is 9.83. The van der Waals surface area contributed by atoms with Gasteiger partial charge < -0.3 is 14.2 Å². The lowest BCUT2D eigenvalue weighted by Gasteiger charge is -2.29. The summed E-state index contributed by atoms with van der Waals surface area (Å²) in [6, 6.07) is 9.76. The average molecular weight is 549 g/mol. The standard InChI is InChI=1S/C31H33F5O3/c1-3-5-16-38-27-15-12-23(29(34)31(27)36)21-10-13-25(24(32)17-21)39-18-19-6-8-20(9-7-19)22-11-14-26(37-4-2)30(35)28(22)33/h10-15,17,19-20H,3-9,16,18H2,1-2H3. The van der Waals surface area contributed by atoms with Gasteiger partial charge in [-0.3, -0.25) is 0 Å². The Balaban J connectivity index is 1.34. The number of halogens is 5. The molecular formula is C31H33F5O3. The van der Waals surface area contributed by atoms with Gasteiger partial charge in [-0.05, 0) is 92.3 Å². The van der Waals surface area contributed by atoms with Crippen LogP contribution in [0.5, 0.6) is 17.2 Å².